The third-order valence-electron chi connectivity index (χ3n) is 6.01. The number of halogens is 2. The smallest absolute Gasteiger partial charge is 0.408 e. The number of carbonyl (C=O) groups is 3. The van der Waals surface area contributed by atoms with E-state index in [-0.39, 0.29) is 25.9 Å². The number of Topliss-reactive ketones (excluding diaryl/α,β-unsaturated/α-hetero) is 1. The van der Waals surface area contributed by atoms with Gasteiger partial charge in [-0.3, -0.25) is 9.59 Å². The van der Waals surface area contributed by atoms with Crippen molar-refractivity contribution in [3.63, 3.8) is 0 Å². The summed E-state index contributed by atoms with van der Waals surface area (Å²) in [6.07, 6.45) is -0.656. The molecule has 3 aromatic carbocycles. The predicted octanol–water partition coefficient (Wildman–Crippen LogP) is 6.91. The largest absolute Gasteiger partial charge is 0.489 e. The first kappa shape index (κ1) is 31.0. The lowest BCUT2D eigenvalue weighted by atomic mass is 9.90. The fraction of sp³-hybridized carbons (Fsp3) is 0.323. The summed E-state index contributed by atoms with van der Waals surface area (Å²) in [6, 6.07) is 20.4. The number of carboxylic acids is 1. The second kappa shape index (κ2) is 14.2. The van der Waals surface area contributed by atoms with Crippen LogP contribution in [0.5, 0.6) is 5.75 Å². The van der Waals surface area contributed by atoms with Gasteiger partial charge in [0.05, 0.1) is 12.0 Å². The number of hydrogen-bond donors (Lipinski definition) is 2. The Morgan fingerprint density at radius 3 is 2.02 bits per heavy atom. The summed E-state index contributed by atoms with van der Waals surface area (Å²) in [4.78, 5) is 37.9. The molecule has 0 bridgehead atoms. The Morgan fingerprint density at radius 1 is 0.850 bits per heavy atom. The summed E-state index contributed by atoms with van der Waals surface area (Å²) in [6.45, 7) is 5.34. The lowest BCUT2D eigenvalue weighted by molar-refractivity contribution is -0.143. The first-order chi connectivity index (χ1) is 18.9. The number of nitrogens with one attached hydrogen (secondary N) is 1. The summed E-state index contributed by atoms with van der Waals surface area (Å²) in [5, 5.41) is 13.4. The summed E-state index contributed by atoms with van der Waals surface area (Å²) >= 11 is 12.4. The third-order valence-corrected chi connectivity index (χ3v) is 6.72. The van der Waals surface area contributed by atoms with Crippen molar-refractivity contribution in [1.82, 2.24) is 5.32 Å². The van der Waals surface area contributed by atoms with Crippen LogP contribution in [0.15, 0.2) is 72.8 Å². The van der Waals surface area contributed by atoms with E-state index >= 15 is 0 Å². The zero-order valence-electron chi connectivity index (χ0n) is 22.7. The first-order valence-electron chi connectivity index (χ1n) is 12.8. The van der Waals surface area contributed by atoms with Gasteiger partial charge in [0.25, 0.3) is 0 Å². The molecule has 0 saturated carbocycles. The SMILES string of the molecule is CC(C)(C)OC(=O)N[C@@H](Cc1ccc(OCc2c(Cl)cccc2Cl)cc1)C(=O)CC(Cc1ccccc1)C(=O)O. The van der Waals surface area contributed by atoms with Crippen LogP contribution in [-0.2, 0) is 33.8 Å². The standard InChI is InChI=1S/C31H33Cl2NO6/c1-31(2,3)40-30(38)34-27(28(35)18-22(29(36)37)16-20-8-5-4-6-9-20)17-21-12-14-23(15-13-21)39-19-24-25(32)10-7-11-26(24)33/h4-15,22,27H,16-19H2,1-3H3,(H,34,38)(H,36,37)/t22?,27-/m0/s1. The van der Waals surface area contributed by atoms with Crippen LogP contribution in [-0.4, -0.2) is 34.6 Å². The molecular weight excluding hydrogens is 553 g/mol. The van der Waals surface area contributed by atoms with Gasteiger partial charge in [0.15, 0.2) is 5.78 Å². The number of amides is 1. The lowest BCUT2D eigenvalue weighted by Crippen LogP contribution is -2.45. The minimum Gasteiger partial charge on any atom is -0.489 e. The highest BCUT2D eigenvalue weighted by Gasteiger charge is 2.29. The van der Waals surface area contributed by atoms with Crippen LogP contribution in [0.2, 0.25) is 10.0 Å². The minimum atomic E-state index is -1.08. The molecule has 0 aromatic heterocycles. The molecule has 0 saturated heterocycles. The van der Waals surface area contributed by atoms with Gasteiger partial charge in [-0.2, -0.15) is 0 Å². The summed E-state index contributed by atoms with van der Waals surface area (Å²) < 4.78 is 11.2. The molecule has 0 fully saturated rings. The topological polar surface area (TPSA) is 102 Å². The Balaban J connectivity index is 1.72. The van der Waals surface area contributed by atoms with E-state index in [0.29, 0.717) is 21.4 Å². The van der Waals surface area contributed by atoms with Crippen molar-refractivity contribution in [3.05, 3.63) is 99.5 Å². The van der Waals surface area contributed by atoms with E-state index in [1.807, 2.05) is 30.3 Å². The van der Waals surface area contributed by atoms with Gasteiger partial charge in [-0.1, -0.05) is 71.7 Å². The summed E-state index contributed by atoms with van der Waals surface area (Å²) in [7, 11) is 0. The van der Waals surface area contributed by atoms with Crippen LogP contribution in [0, 0.1) is 5.92 Å². The Bertz CT molecular complexity index is 1290. The van der Waals surface area contributed by atoms with Gasteiger partial charge in [-0.25, -0.2) is 4.79 Å². The number of ether oxygens (including phenoxy) is 2. The zero-order chi connectivity index (χ0) is 29.3. The third kappa shape index (κ3) is 9.88. The molecule has 3 rings (SSSR count). The van der Waals surface area contributed by atoms with Crippen molar-refractivity contribution in [2.24, 2.45) is 5.92 Å². The predicted molar refractivity (Wildman–Crippen MR) is 155 cm³/mol. The number of rotatable bonds is 12. The lowest BCUT2D eigenvalue weighted by Gasteiger charge is -2.24. The fourth-order valence-electron chi connectivity index (χ4n) is 4.01. The summed E-state index contributed by atoms with van der Waals surface area (Å²) in [5.74, 6) is -1.85. The van der Waals surface area contributed by atoms with Gasteiger partial charge in [0.1, 0.15) is 18.0 Å². The average Bonchev–Trinajstić information content (AvgIpc) is 2.88. The maximum Gasteiger partial charge on any atom is 0.408 e. The molecule has 0 aliphatic heterocycles. The Hall–Kier alpha value is -3.55. The second-order valence-electron chi connectivity index (χ2n) is 10.4. The van der Waals surface area contributed by atoms with Crippen molar-refractivity contribution >= 4 is 41.0 Å². The van der Waals surface area contributed by atoms with E-state index in [1.54, 1.807) is 63.2 Å². The molecule has 2 atom stereocenters. The van der Waals surface area contributed by atoms with Crippen molar-refractivity contribution in [2.45, 2.75) is 58.3 Å². The number of benzene rings is 3. The molecule has 40 heavy (non-hydrogen) atoms. The van der Waals surface area contributed by atoms with Crippen molar-refractivity contribution in [1.29, 1.82) is 0 Å². The van der Waals surface area contributed by atoms with Crippen LogP contribution in [0.4, 0.5) is 4.79 Å². The van der Waals surface area contributed by atoms with Crippen LogP contribution in [0.1, 0.15) is 43.9 Å². The average molecular weight is 587 g/mol. The quantitative estimate of drug-likeness (QED) is 0.239. The number of ketones is 1. The molecule has 212 valence electrons. The molecule has 0 spiro atoms. The molecule has 7 nitrogen and oxygen atoms in total. The minimum absolute atomic E-state index is 0.145. The Morgan fingerprint density at radius 2 is 1.45 bits per heavy atom. The van der Waals surface area contributed by atoms with Crippen LogP contribution in [0.3, 0.4) is 0 Å². The van der Waals surface area contributed by atoms with Crippen LogP contribution in [0.25, 0.3) is 0 Å². The van der Waals surface area contributed by atoms with Gasteiger partial charge < -0.3 is 19.9 Å². The second-order valence-corrected chi connectivity index (χ2v) is 11.2. The van der Waals surface area contributed by atoms with E-state index in [0.717, 1.165) is 11.1 Å². The fourth-order valence-corrected chi connectivity index (χ4v) is 4.52. The van der Waals surface area contributed by atoms with Crippen molar-refractivity contribution in [3.8, 4) is 5.75 Å². The van der Waals surface area contributed by atoms with Gasteiger partial charge in [0.2, 0.25) is 0 Å². The molecule has 0 aliphatic rings. The molecular formula is C31H33Cl2NO6. The highest BCUT2D eigenvalue weighted by molar-refractivity contribution is 6.35. The first-order valence-corrected chi connectivity index (χ1v) is 13.6. The molecule has 2 N–H and O–H groups in total. The van der Waals surface area contributed by atoms with Gasteiger partial charge in [-0.05, 0) is 69.0 Å². The molecule has 3 aromatic rings. The normalized spacial score (nSPS) is 12.7. The van der Waals surface area contributed by atoms with E-state index in [2.05, 4.69) is 5.32 Å². The van der Waals surface area contributed by atoms with Gasteiger partial charge in [0, 0.05) is 22.0 Å². The van der Waals surface area contributed by atoms with E-state index in [1.165, 1.54) is 0 Å². The molecule has 9 heteroatoms. The summed E-state index contributed by atoms with van der Waals surface area (Å²) in [5.41, 5.74) is 1.46. The Labute approximate surface area is 244 Å². The van der Waals surface area contributed by atoms with E-state index in [4.69, 9.17) is 32.7 Å². The monoisotopic (exact) mass is 585 g/mol. The van der Waals surface area contributed by atoms with Gasteiger partial charge in [-0.15, -0.1) is 0 Å². The molecule has 0 aliphatic carbocycles. The molecule has 1 unspecified atom stereocenters. The van der Waals surface area contributed by atoms with Crippen LogP contribution >= 0.6 is 23.2 Å². The number of aliphatic carboxylic acids is 1. The highest BCUT2D eigenvalue weighted by atomic mass is 35.5. The number of carboxylic acid groups (broad SMARTS) is 1. The molecule has 0 radical (unpaired) electrons. The van der Waals surface area contributed by atoms with E-state index in [9.17, 15) is 19.5 Å². The maximum atomic E-state index is 13.4. The van der Waals surface area contributed by atoms with Gasteiger partial charge >= 0.3 is 12.1 Å². The van der Waals surface area contributed by atoms with Crippen molar-refractivity contribution < 1.29 is 29.0 Å². The Kier molecular flexibility index (Phi) is 11.0. The van der Waals surface area contributed by atoms with E-state index < -0.39 is 35.4 Å². The molecule has 0 heterocycles. The number of carbonyl (C=O) groups excluding carboxylic acids is 2. The zero-order valence-corrected chi connectivity index (χ0v) is 24.2. The molecule has 1 amide bonds. The van der Waals surface area contributed by atoms with Crippen molar-refractivity contribution in [2.75, 3.05) is 0 Å². The highest BCUT2D eigenvalue weighted by Crippen LogP contribution is 2.26. The number of hydrogen-bond acceptors (Lipinski definition) is 5. The van der Waals surface area contributed by atoms with Crippen LogP contribution < -0.4 is 10.1 Å². The maximum absolute atomic E-state index is 13.4. The number of alkyl carbamates (subject to hydrolysis) is 1.